The van der Waals surface area contributed by atoms with Crippen LogP contribution in [-0.2, 0) is 11.3 Å². The Kier molecular flexibility index (Phi) is 3.35. The van der Waals surface area contributed by atoms with Crippen molar-refractivity contribution < 1.29 is 9.59 Å². The number of carbonyl (C=O) groups is 2. The number of rotatable bonds is 1. The van der Waals surface area contributed by atoms with E-state index >= 15 is 0 Å². The Bertz CT molecular complexity index is 657. The molecule has 1 atom stereocenters. The highest BCUT2D eigenvalue weighted by Crippen LogP contribution is 2.34. The van der Waals surface area contributed by atoms with Gasteiger partial charge in [0, 0.05) is 23.3 Å². The molecule has 0 saturated carbocycles. The molecule has 0 bridgehead atoms. The van der Waals surface area contributed by atoms with Crippen LogP contribution in [-0.4, -0.2) is 33.2 Å². The summed E-state index contributed by atoms with van der Waals surface area (Å²) in [6.45, 7) is 10.6. The normalized spacial score (nSPS) is 22.3. The van der Waals surface area contributed by atoms with E-state index in [9.17, 15) is 9.59 Å². The number of piperidine rings is 1. The van der Waals surface area contributed by atoms with Crippen LogP contribution in [0, 0.1) is 0 Å². The fourth-order valence-corrected chi connectivity index (χ4v) is 3.47. The molecule has 0 N–H and O–H groups in total. The van der Waals surface area contributed by atoms with E-state index in [1.165, 1.54) is 0 Å². The molecule has 116 valence electrons. The van der Waals surface area contributed by atoms with Crippen molar-refractivity contribution in [3.8, 4) is 0 Å². The molecule has 4 nitrogen and oxygen atoms in total. The highest BCUT2D eigenvalue weighted by molar-refractivity contribution is 6.01. The van der Waals surface area contributed by atoms with Gasteiger partial charge in [0.25, 0.3) is 5.91 Å². The molecule has 4 heteroatoms. The Labute approximate surface area is 131 Å². The Morgan fingerprint density at radius 1 is 1.18 bits per heavy atom. The van der Waals surface area contributed by atoms with Crippen LogP contribution >= 0.6 is 0 Å². The third kappa shape index (κ3) is 2.23. The molecule has 22 heavy (non-hydrogen) atoms. The lowest BCUT2D eigenvalue weighted by Gasteiger charge is -2.44. The minimum Gasteiger partial charge on any atom is -0.322 e. The van der Waals surface area contributed by atoms with Crippen molar-refractivity contribution in [1.29, 1.82) is 0 Å². The molecule has 1 aromatic rings. The van der Waals surface area contributed by atoms with Gasteiger partial charge < -0.3 is 9.80 Å². The van der Waals surface area contributed by atoms with Gasteiger partial charge >= 0.3 is 0 Å². The van der Waals surface area contributed by atoms with Gasteiger partial charge in [0.1, 0.15) is 6.04 Å². The van der Waals surface area contributed by atoms with E-state index in [0.29, 0.717) is 13.0 Å². The lowest BCUT2D eigenvalue weighted by molar-refractivity contribution is -0.141. The maximum atomic E-state index is 12.9. The van der Waals surface area contributed by atoms with Gasteiger partial charge in [-0.15, -0.1) is 0 Å². The van der Waals surface area contributed by atoms with Crippen molar-refractivity contribution in [1.82, 2.24) is 9.80 Å². The fourth-order valence-electron chi connectivity index (χ4n) is 3.47. The Hall–Kier alpha value is -2.10. The summed E-state index contributed by atoms with van der Waals surface area (Å²) in [4.78, 5) is 29.0. The van der Waals surface area contributed by atoms with E-state index in [4.69, 9.17) is 0 Å². The number of nitrogens with zero attached hydrogens (tertiary/aromatic N) is 2. The molecule has 0 aliphatic carbocycles. The van der Waals surface area contributed by atoms with Crippen molar-refractivity contribution >= 4 is 11.8 Å². The second kappa shape index (κ2) is 4.97. The zero-order valence-corrected chi connectivity index (χ0v) is 13.4. The molecule has 2 heterocycles. The summed E-state index contributed by atoms with van der Waals surface area (Å²) >= 11 is 0. The summed E-state index contributed by atoms with van der Waals surface area (Å²) in [5.41, 5.74) is 2.26. The van der Waals surface area contributed by atoms with E-state index in [-0.39, 0.29) is 23.4 Å². The third-order valence-corrected chi connectivity index (χ3v) is 4.42. The first kappa shape index (κ1) is 14.8. The fraction of sp³-hybridized carbons (Fsp3) is 0.444. The first-order chi connectivity index (χ1) is 10.3. The van der Waals surface area contributed by atoms with Gasteiger partial charge in [0.15, 0.2) is 0 Å². The number of hydrogen-bond donors (Lipinski definition) is 0. The summed E-state index contributed by atoms with van der Waals surface area (Å²) in [6.07, 6.45) is 1.40. The zero-order chi connectivity index (χ0) is 16.1. The summed E-state index contributed by atoms with van der Waals surface area (Å²) in [6, 6.07) is 7.21. The molecule has 2 aliphatic heterocycles. The topological polar surface area (TPSA) is 40.6 Å². The van der Waals surface area contributed by atoms with Crippen molar-refractivity contribution in [3.63, 3.8) is 0 Å². The van der Waals surface area contributed by atoms with Crippen LogP contribution in [0.25, 0.3) is 0 Å². The second-order valence-electron chi connectivity index (χ2n) is 7.06. The molecule has 0 spiro atoms. The molecule has 1 fully saturated rings. The van der Waals surface area contributed by atoms with Crippen molar-refractivity contribution in [2.45, 2.75) is 51.7 Å². The van der Waals surface area contributed by atoms with Crippen LogP contribution in [0.5, 0.6) is 0 Å². The molecule has 3 rings (SSSR count). The summed E-state index contributed by atoms with van der Waals surface area (Å²) in [5.74, 6) is -0.0415. The number of likely N-dealkylation sites (tertiary alicyclic amines) is 1. The molecular formula is C18H22N2O2. The Morgan fingerprint density at radius 2 is 1.86 bits per heavy atom. The largest absolute Gasteiger partial charge is 0.322 e. The third-order valence-electron chi connectivity index (χ3n) is 4.42. The van der Waals surface area contributed by atoms with Crippen molar-refractivity contribution in [3.05, 3.63) is 47.7 Å². The highest BCUT2D eigenvalue weighted by atomic mass is 16.2. The standard InChI is InChI=1S/C18H22N2O2/c1-12-9-10-15(17(22)20(12)18(2,3)4)19-11-13-7-5-6-8-14(13)16(19)21/h5-8,15H,1,9-11H2,2-4H3. The number of fused-ring (bicyclic) bond motifs is 1. The molecule has 1 unspecified atom stereocenters. The van der Waals surface area contributed by atoms with Crippen LogP contribution in [0.4, 0.5) is 0 Å². The average Bonchev–Trinajstić information content (AvgIpc) is 2.75. The number of carbonyl (C=O) groups excluding carboxylic acids is 2. The summed E-state index contributed by atoms with van der Waals surface area (Å²) < 4.78 is 0. The maximum Gasteiger partial charge on any atom is 0.255 e. The minimum absolute atomic E-state index is 0.00935. The first-order valence-corrected chi connectivity index (χ1v) is 7.71. The van der Waals surface area contributed by atoms with Gasteiger partial charge in [-0.25, -0.2) is 0 Å². The highest BCUT2D eigenvalue weighted by Gasteiger charge is 2.43. The van der Waals surface area contributed by atoms with E-state index < -0.39 is 0 Å². The number of benzene rings is 1. The first-order valence-electron chi connectivity index (χ1n) is 7.71. The van der Waals surface area contributed by atoms with Crippen LogP contribution in [0.15, 0.2) is 36.5 Å². The molecule has 0 aromatic heterocycles. The quantitative estimate of drug-likeness (QED) is 0.800. The monoisotopic (exact) mass is 298 g/mol. The average molecular weight is 298 g/mol. The lowest BCUT2D eigenvalue weighted by Crippen LogP contribution is -2.56. The van der Waals surface area contributed by atoms with Crippen LogP contribution in [0.2, 0.25) is 0 Å². The molecule has 0 radical (unpaired) electrons. The molecule has 2 aliphatic rings. The van der Waals surface area contributed by atoms with Gasteiger partial charge in [0.05, 0.1) is 0 Å². The zero-order valence-electron chi connectivity index (χ0n) is 13.4. The predicted molar refractivity (Wildman–Crippen MR) is 85.1 cm³/mol. The van der Waals surface area contributed by atoms with Gasteiger partial charge in [0.2, 0.25) is 5.91 Å². The van der Waals surface area contributed by atoms with Crippen molar-refractivity contribution in [2.75, 3.05) is 0 Å². The van der Waals surface area contributed by atoms with Gasteiger partial charge in [-0.3, -0.25) is 9.59 Å². The van der Waals surface area contributed by atoms with Gasteiger partial charge in [-0.05, 0) is 45.2 Å². The smallest absolute Gasteiger partial charge is 0.255 e. The minimum atomic E-state index is -0.385. The Morgan fingerprint density at radius 3 is 2.50 bits per heavy atom. The molecule has 2 amide bonds. The number of hydrogen-bond acceptors (Lipinski definition) is 2. The molecular weight excluding hydrogens is 276 g/mol. The van der Waals surface area contributed by atoms with Crippen LogP contribution in [0.3, 0.4) is 0 Å². The maximum absolute atomic E-state index is 12.9. The van der Waals surface area contributed by atoms with Gasteiger partial charge in [-0.2, -0.15) is 0 Å². The van der Waals surface area contributed by atoms with Crippen LogP contribution < -0.4 is 0 Å². The second-order valence-corrected chi connectivity index (χ2v) is 7.06. The predicted octanol–water partition coefficient (Wildman–Crippen LogP) is 2.95. The van der Waals surface area contributed by atoms with E-state index in [2.05, 4.69) is 6.58 Å². The van der Waals surface area contributed by atoms with Crippen molar-refractivity contribution in [2.24, 2.45) is 0 Å². The van der Waals surface area contributed by atoms with E-state index in [0.717, 1.165) is 23.2 Å². The number of allylic oxidation sites excluding steroid dienone is 1. The van der Waals surface area contributed by atoms with Gasteiger partial charge in [-0.1, -0.05) is 24.8 Å². The summed E-state index contributed by atoms with van der Waals surface area (Å²) in [5, 5.41) is 0. The Balaban J connectivity index is 1.89. The lowest BCUT2D eigenvalue weighted by atomic mass is 9.94. The SMILES string of the molecule is C=C1CCC(N2Cc3ccccc3C2=O)C(=O)N1C(C)(C)C. The molecule has 1 saturated heterocycles. The molecule has 1 aromatic carbocycles. The summed E-state index contributed by atoms with van der Waals surface area (Å²) in [7, 11) is 0. The van der Waals surface area contributed by atoms with E-state index in [1.807, 2.05) is 45.0 Å². The number of amides is 2. The van der Waals surface area contributed by atoms with E-state index in [1.54, 1.807) is 9.80 Å². The van der Waals surface area contributed by atoms with Crippen LogP contribution in [0.1, 0.15) is 49.5 Å².